The van der Waals surface area contributed by atoms with Crippen molar-refractivity contribution in [3.63, 3.8) is 0 Å². The zero-order valence-electron chi connectivity index (χ0n) is 10.9. The molecule has 0 aliphatic heterocycles. The summed E-state index contributed by atoms with van der Waals surface area (Å²) in [5.41, 5.74) is 0.0731. The largest absolute Gasteiger partial charge is 0.417 e. The van der Waals surface area contributed by atoms with E-state index < -0.39 is 11.7 Å². The first-order chi connectivity index (χ1) is 8.45. The average molecular weight is 259 g/mol. The van der Waals surface area contributed by atoms with Gasteiger partial charge in [-0.3, -0.25) is 4.98 Å². The van der Waals surface area contributed by atoms with Gasteiger partial charge in [0.1, 0.15) is 0 Å². The molecule has 0 N–H and O–H groups in total. The Labute approximate surface area is 106 Å². The van der Waals surface area contributed by atoms with Crippen LogP contribution in [0.15, 0.2) is 18.3 Å². The maximum atomic E-state index is 12.4. The van der Waals surface area contributed by atoms with Crippen molar-refractivity contribution in [2.45, 2.75) is 58.0 Å². The summed E-state index contributed by atoms with van der Waals surface area (Å²) in [6.45, 7) is 4.17. The van der Waals surface area contributed by atoms with E-state index in [-0.39, 0.29) is 5.92 Å². The minimum atomic E-state index is -4.30. The van der Waals surface area contributed by atoms with Gasteiger partial charge in [-0.05, 0) is 24.5 Å². The van der Waals surface area contributed by atoms with Crippen molar-refractivity contribution in [3.05, 3.63) is 29.6 Å². The van der Waals surface area contributed by atoms with Crippen molar-refractivity contribution < 1.29 is 13.2 Å². The quantitative estimate of drug-likeness (QED) is 0.642. The van der Waals surface area contributed by atoms with E-state index in [0.717, 1.165) is 30.8 Å². The lowest BCUT2D eigenvalue weighted by atomic mass is 9.98. The van der Waals surface area contributed by atoms with Crippen molar-refractivity contribution in [2.24, 2.45) is 0 Å². The molecule has 0 aliphatic rings. The molecule has 1 nitrogen and oxygen atoms in total. The van der Waals surface area contributed by atoms with E-state index in [0.29, 0.717) is 0 Å². The molecule has 1 aromatic rings. The summed E-state index contributed by atoms with van der Waals surface area (Å²) < 4.78 is 37.1. The number of hydrogen-bond donors (Lipinski definition) is 0. The van der Waals surface area contributed by atoms with Crippen LogP contribution in [-0.2, 0) is 6.18 Å². The van der Waals surface area contributed by atoms with Crippen LogP contribution in [-0.4, -0.2) is 4.98 Å². The van der Waals surface area contributed by atoms with Gasteiger partial charge in [-0.1, -0.05) is 39.5 Å². The van der Waals surface area contributed by atoms with Gasteiger partial charge in [0.25, 0.3) is 0 Å². The van der Waals surface area contributed by atoms with Crippen LogP contribution in [0.3, 0.4) is 0 Å². The molecule has 102 valence electrons. The van der Waals surface area contributed by atoms with Crippen LogP contribution in [0.25, 0.3) is 0 Å². The maximum absolute atomic E-state index is 12.4. The second kappa shape index (κ2) is 6.76. The first-order valence-corrected chi connectivity index (χ1v) is 6.48. The monoisotopic (exact) mass is 259 g/mol. The number of nitrogens with zero attached hydrogens (tertiary/aromatic N) is 1. The van der Waals surface area contributed by atoms with Crippen molar-refractivity contribution in [1.82, 2.24) is 4.98 Å². The molecule has 1 aromatic heterocycles. The highest BCUT2D eigenvalue weighted by atomic mass is 19.4. The number of alkyl halides is 3. The molecule has 1 atom stereocenters. The minimum Gasteiger partial charge on any atom is -0.260 e. The number of unbranched alkanes of at least 4 members (excludes halogenated alkanes) is 3. The lowest BCUT2D eigenvalue weighted by Gasteiger charge is -2.12. The lowest BCUT2D eigenvalue weighted by molar-refractivity contribution is -0.137. The zero-order valence-corrected chi connectivity index (χ0v) is 10.9. The summed E-state index contributed by atoms with van der Waals surface area (Å²) in [5.74, 6) is 0.226. The second-order valence-corrected chi connectivity index (χ2v) is 4.72. The van der Waals surface area contributed by atoms with E-state index in [1.807, 2.05) is 6.92 Å². The Morgan fingerprint density at radius 2 is 1.89 bits per heavy atom. The molecule has 0 spiro atoms. The zero-order chi connectivity index (χ0) is 13.6. The molecule has 0 saturated heterocycles. The predicted octanol–water partition coefficient (Wildman–Crippen LogP) is 5.17. The molecule has 0 amide bonds. The van der Waals surface area contributed by atoms with Gasteiger partial charge in [0.2, 0.25) is 0 Å². The molecule has 0 aliphatic carbocycles. The van der Waals surface area contributed by atoms with Gasteiger partial charge in [-0.2, -0.15) is 13.2 Å². The molecular weight excluding hydrogens is 239 g/mol. The van der Waals surface area contributed by atoms with Crippen LogP contribution >= 0.6 is 0 Å². The summed E-state index contributed by atoms with van der Waals surface area (Å²) in [4.78, 5) is 3.92. The Kier molecular flexibility index (Phi) is 5.63. The van der Waals surface area contributed by atoms with Gasteiger partial charge in [0.15, 0.2) is 0 Å². The Morgan fingerprint density at radius 1 is 1.17 bits per heavy atom. The number of hydrogen-bond acceptors (Lipinski definition) is 1. The average Bonchev–Trinajstić information content (AvgIpc) is 2.33. The van der Waals surface area contributed by atoms with E-state index in [2.05, 4.69) is 11.9 Å². The Bertz CT molecular complexity index is 343. The van der Waals surface area contributed by atoms with E-state index in [1.54, 1.807) is 0 Å². The molecule has 0 fully saturated rings. The molecule has 4 heteroatoms. The Hall–Kier alpha value is -1.06. The van der Waals surface area contributed by atoms with E-state index in [1.165, 1.54) is 25.3 Å². The van der Waals surface area contributed by atoms with Gasteiger partial charge in [0, 0.05) is 11.9 Å². The second-order valence-electron chi connectivity index (χ2n) is 4.72. The van der Waals surface area contributed by atoms with Gasteiger partial charge in [-0.25, -0.2) is 0 Å². The highest BCUT2D eigenvalue weighted by Crippen LogP contribution is 2.29. The number of aromatic nitrogens is 1. The fourth-order valence-electron chi connectivity index (χ4n) is 1.89. The lowest BCUT2D eigenvalue weighted by Crippen LogP contribution is -2.06. The number of pyridine rings is 1. The van der Waals surface area contributed by atoms with Crippen molar-refractivity contribution >= 4 is 0 Å². The molecule has 0 radical (unpaired) electrons. The first kappa shape index (κ1) is 15.0. The topological polar surface area (TPSA) is 12.9 Å². The molecule has 18 heavy (non-hydrogen) atoms. The predicted molar refractivity (Wildman–Crippen MR) is 66.4 cm³/mol. The smallest absolute Gasteiger partial charge is 0.260 e. The van der Waals surface area contributed by atoms with Crippen LogP contribution in [0, 0.1) is 0 Å². The molecule has 0 saturated carbocycles. The van der Waals surface area contributed by atoms with Crippen LogP contribution in [0.2, 0.25) is 0 Å². The van der Waals surface area contributed by atoms with Crippen LogP contribution < -0.4 is 0 Å². The van der Waals surface area contributed by atoms with E-state index >= 15 is 0 Å². The summed E-state index contributed by atoms with van der Waals surface area (Å²) in [5, 5.41) is 0. The summed E-state index contributed by atoms with van der Waals surface area (Å²) >= 11 is 0. The first-order valence-electron chi connectivity index (χ1n) is 6.48. The highest BCUT2D eigenvalue weighted by Gasteiger charge is 2.30. The highest BCUT2D eigenvalue weighted by molar-refractivity contribution is 5.18. The summed E-state index contributed by atoms with van der Waals surface area (Å²) in [6.07, 6.45) is 2.31. The number of rotatable bonds is 6. The SMILES string of the molecule is CCCCCCC(C)c1ccc(C(F)(F)F)cn1. The number of halogens is 3. The third kappa shape index (κ3) is 4.67. The van der Waals surface area contributed by atoms with Crippen molar-refractivity contribution in [2.75, 3.05) is 0 Å². The van der Waals surface area contributed by atoms with Crippen molar-refractivity contribution in [3.8, 4) is 0 Å². The molecule has 0 bridgehead atoms. The minimum absolute atomic E-state index is 0.226. The van der Waals surface area contributed by atoms with E-state index in [9.17, 15) is 13.2 Å². The summed E-state index contributed by atoms with van der Waals surface area (Å²) in [6, 6.07) is 2.61. The third-order valence-corrected chi connectivity index (χ3v) is 3.11. The van der Waals surface area contributed by atoms with Gasteiger partial charge < -0.3 is 0 Å². The molecule has 1 heterocycles. The van der Waals surface area contributed by atoms with E-state index in [4.69, 9.17) is 0 Å². The standard InChI is InChI=1S/C14H20F3N/c1-3-4-5-6-7-11(2)13-9-8-12(10-18-13)14(15,16)17/h8-11H,3-7H2,1-2H3. The van der Waals surface area contributed by atoms with Gasteiger partial charge >= 0.3 is 6.18 Å². The van der Waals surface area contributed by atoms with Gasteiger partial charge in [-0.15, -0.1) is 0 Å². The Balaban J connectivity index is 2.51. The van der Waals surface area contributed by atoms with Gasteiger partial charge in [0.05, 0.1) is 5.56 Å². The fourth-order valence-corrected chi connectivity index (χ4v) is 1.89. The summed E-state index contributed by atoms with van der Waals surface area (Å²) in [7, 11) is 0. The molecular formula is C14H20F3N. The normalized spacial score (nSPS) is 13.6. The van der Waals surface area contributed by atoms with Crippen LogP contribution in [0.5, 0.6) is 0 Å². The fraction of sp³-hybridized carbons (Fsp3) is 0.643. The third-order valence-electron chi connectivity index (χ3n) is 3.11. The van der Waals surface area contributed by atoms with Crippen molar-refractivity contribution in [1.29, 1.82) is 0 Å². The maximum Gasteiger partial charge on any atom is 0.417 e. The molecule has 1 rings (SSSR count). The molecule has 1 unspecified atom stereocenters. The molecule has 0 aromatic carbocycles. The Morgan fingerprint density at radius 3 is 2.39 bits per heavy atom. The van der Waals surface area contributed by atoms with Crippen LogP contribution in [0.4, 0.5) is 13.2 Å². The van der Waals surface area contributed by atoms with Crippen LogP contribution in [0.1, 0.15) is 63.1 Å².